The highest BCUT2D eigenvalue weighted by molar-refractivity contribution is 5.92. The molecule has 184 valence electrons. The zero-order chi connectivity index (χ0) is 24.0. The van der Waals surface area contributed by atoms with Crippen LogP contribution in [0.15, 0.2) is 36.5 Å². The summed E-state index contributed by atoms with van der Waals surface area (Å²) in [5.41, 5.74) is 4.81. The second-order valence-electron chi connectivity index (χ2n) is 10.2. The Kier molecular flexibility index (Phi) is 8.22. The van der Waals surface area contributed by atoms with Crippen molar-refractivity contribution in [2.45, 2.75) is 65.0 Å². The van der Waals surface area contributed by atoms with Crippen LogP contribution >= 0.6 is 0 Å². The second-order valence-corrected chi connectivity index (χ2v) is 10.2. The number of benzene rings is 1. The Morgan fingerprint density at radius 2 is 2.00 bits per heavy atom. The van der Waals surface area contributed by atoms with Crippen LogP contribution in [0.5, 0.6) is 5.75 Å². The quantitative estimate of drug-likeness (QED) is 0.527. The third-order valence-electron chi connectivity index (χ3n) is 7.35. The number of amides is 1. The Labute approximate surface area is 204 Å². The van der Waals surface area contributed by atoms with Crippen LogP contribution in [0.1, 0.15) is 66.7 Å². The Hall–Kier alpha value is -2.44. The van der Waals surface area contributed by atoms with Crippen molar-refractivity contribution < 1.29 is 14.3 Å². The van der Waals surface area contributed by atoms with E-state index in [0.717, 1.165) is 64.8 Å². The van der Waals surface area contributed by atoms with E-state index in [-0.39, 0.29) is 11.9 Å². The van der Waals surface area contributed by atoms with Gasteiger partial charge in [-0.25, -0.2) is 4.98 Å². The van der Waals surface area contributed by atoms with Gasteiger partial charge in [0.1, 0.15) is 11.4 Å². The molecule has 0 saturated carbocycles. The first-order valence-electron chi connectivity index (χ1n) is 12.7. The van der Waals surface area contributed by atoms with Gasteiger partial charge in [-0.2, -0.15) is 0 Å². The number of hydrogen-bond donors (Lipinski definition) is 1. The van der Waals surface area contributed by atoms with E-state index in [2.05, 4.69) is 42.3 Å². The molecule has 1 N–H and O–H groups in total. The van der Waals surface area contributed by atoms with Crippen molar-refractivity contribution in [2.24, 2.45) is 5.41 Å². The number of ether oxygens (including phenoxy) is 2. The molecule has 6 heteroatoms. The number of rotatable bonds is 10. The van der Waals surface area contributed by atoms with Gasteiger partial charge in [0.2, 0.25) is 0 Å². The molecule has 2 aliphatic rings. The maximum absolute atomic E-state index is 13.0. The van der Waals surface area contributed by atoms with Crippen molar-refractivity contribution in [3.8, 4) is 5.75 Å². The van der Waals surface area contributed by atoms with Crippen LogP contribution in [0.4, 0.5) is 0 Å². The first-order chi connectivity index (χ1) is 16.5. The molecule has 1 aliphatic carbocycles. The molecule has 0 radical (unpaired) electrons. The normalized spacial score (nSPS) is 19.0. The molecule has 6 nitrogen and oxygen atoms in total. The molecule has 0 bridgehead atoms. The second kappa shape index (κ2) is 11.3. The van der Waals surface area contributed by atoms with Crippen LogP contribution in [0.3, 0.4) is 0 Å². The molecule has 34 heavy (non-hydrogen) atoms. The van der Waals surface area contributed by atoms with Crippen LogP contribution in [0.2, 0.25) is 0 Å². The minimum Gasteiger partial charge on any atom is -0.492 e. The number of carbonyl (C=O) groups is 1. The first kappa shape index (κ1) is 24.7. The SMILES string of the molecule is CCCCOc1ccc(C(=O)N(C)[C@@H]2Cc3ccc(CNCC4(C)CCOCC4)cc3C2)nc1. The zero-order valence-corrected chi connectivity index (χ0v) is 20.9. The Bertz CT molecular complexity index is 954. The van der Waals surface area contributed by atoms with Crippen molar-refractivity contribution in [3.05, 3.63) is 58.9 Å². The number of pyridine rings is 1. The van der Waals surface area contributed by atoms with Crippen molar-refractivity contribution in [1.82, 2.24) is 15.2 Å². The molecule has 0 spiro atoms. The molecule has 1 fully saturated rings. The van der Waals surface area contributed by atoms with Gasteiger partial charge >= 0.3 is 0 Å². The van der Waals surface area contributed by atoms with Gasteiger partial charge < -0.3 is 19.7 Å². The molecule has 1 amide bonds. The highest BCUT2D eigenvalue weighted by Crippen LogP contribution is 2.29. The van der Waals surface area contributed by atoms with Crippen LogP contribution < -0.4 is 10.1 Å². The summed E-state index contributed by atoms with van der Waals surface area (Å²) in [5.74, 6) is 0.678. The molecule has 1 aromatic carbocycles. The van der Waals surface area contributed by atoms with E-state index >= 15 is 0 Å². The lowest BCUT2D eigenvalue weighted by molar-refractivity contribution is 0.0240. The largest absolute Gasteiger partial charge is 0.492 e. The number of likely N-dealkylation sites (N-methyl/N-ethyl adjacent to an activating group) is 1. The molecule has 4 rings (SSSR count). The van der Waals surface area contributed by atoms with Gasteiger partial charge in [-0.1, -0.05) is 38.5 Å². The Morgan fingerprint density at radius 3 is 2.74 bits per heavy atom. The van der Waals surface area contributed by atoms with Gasteiger partial charge in [-0.15, -0.1) is 0 Å². The van der Waals surface area contributed by atoms with Crippen LogP contribution in [0.25, 0.3) is 0 Å². The molecule has 2 heterocycles. The van der Waals surface area contributed by atoms with Crippen LogP contribution in [0, 0.1) is 5.41 Å². The predicted molar refractivity (Wildman–Crippen MR) is 134 cm³/mol. The van der Waals surface area contributed by atoms with E-state index < -0.39 is 0 Å². The van der Waals surface area contributed by atoms with E-state index in [1.165, 1.54) is 16.7 Å². The number of nitrogens with one attached hydrogen (secondary N) is 1. The molecular formula is C28H39N3O3. The predicted octanol–water partition coefficient (Wildman–Crippen LogP) is 4.41. The lowest BCUT2D eigenvalue weighted by Crippen LogP contribution is -2.38. The lowest BCUT2D eigenvalue weighted by Gasteiger charge is -2.33. The maximum Gasteiger partial charge on any atom is 0.272 e. The number of nitrogens with zero attached hydrogens (tertiary/aromatic N) is 2. The van der Waals surface area contributed by atoms with E-state index in [4.69, 9.17) is 9.47 Å². The fourth-order valence-electron chi connectivity index (χ4n) is 4.85. The zero-order valence-electron chi connectivity index (χ0n) is 20.9. The van der Waals surface area contributed by atoms with Crippen LogP contribution in [-0.4, -0.2) is 55.2 Å². The third-order valence-corrected chi connectivity index (χ3v) is 7.35. The molecule has 1 saturated heterocycles. The summed E-state index contributed by atoms with van der Waals surface area (Å²) in [6, 6.07) is 10.5. The first-order valence-corrected chi connectivity index (χ1v) is 12.7. The summed E-state index contributed by atoms with van der Waals surface area (Å²) < 4.78 is 11.2. The maximum atomic E-state index is 13.0. The highest BCUT2D eigenvalue weighted by Gasteiger charge is 2.29. The summed E-state index contributed by atoms with van der Waals surface area (Å²) in [6.07, 6.45) is 7.77. The number of aromatic nitrogens is 1. The van der Waals surface area contributed by atoms with Gasteiger partial charge in [0, 0.05) is 39.4 Å². The number of unbranched alkanes of at least 4 members (excludes halogenated alkanes) is 1. The van der Waals surface area contributed by atoms with E-state index in [1.807, 2.05) is 18.0 Å². The van der Waals surface area contributed by atoms with Gasteiger partial charge in [-0.05, 0) is 66.3 Å². The molecule has 0 unspecified atom stereocenters. The van der Waals surface area contributed by atoms with Gasteiger partial charge in [0.25, 0.3) is 5.91 Å². The Morgan fingerprint density at radius 1 is 1.21 bits per heavy atom. The van der Waals surface area contributed by atoms with Crippen molar-refractivity contribution >= 4 is 5.91 Å². The summed E-state index contributed by atoms with van der Waals surface area (Å²) >= 11 is 0. The van der Waals surface area contributed by atoms with Crippen LogP contribution in [-0.2, 0) is 24.1 Å². The standard InChI is InChI=1S/C28H39N3O3/c1-4-5-12-34-25-8-9-26(30-19-25)27(32)31(3)24-16-22-7-6-21(15-23(22)17-24)18-29-20-28(2)10-13-33-14-11-28/h6-9,15,19,24,29H,4-5,10-14,16-18,20H2,1-3H3/t24-/m1/s1. The molecule has 2 aromatic rings. The number of carbonyl (C=O) groups excluding carboxylic acids is 1. The van der Waals surface area contributed by atoms with Crippen molar-refractivity contribution in [1.29, 1.82) is 0 Å². The molecule has 1 aliphatic heterocycles. The van der Waals surface area contributed by atoms with E-state index in [0.29, 0.717) is 23.5 Å². The molecule has 1 aromatic heterocycles. The van der Waals surface area contributed by atoms with Crippen molar-refractivity contribution in [2.75, 3.05) is 33.4 Å². The molecule has 1 atom stereocenters. The monoisotopic (exact) mass is 465 g/mol. The highest BCUT2D eigenvalue weighted by atomic mass is 16.5. The smallest absolute Gasteiger partial charge is 0.272 e. The fourth-order valence-corrected chi connectivity index (χ4v) is 4.85. The minimum absolute atomic E-state index is 0.0375. The Balaban J connectivity index is 1.29. The van der Waals surface area contributed by atoms with E-state index in [9.17, 15) is 4.79 Å². The van der Waals surface area contributed by atoms with Gasteiger partial charge in [-0.3, -0.25) is 4.79 Å². The lowest BCUT2D eigenvalue weighted by atomic mass is 9.82. The summed E-state index contributed by atoms with van der Waals surface area (Å²) in [7, 11) is 1.89. The molecular weight excluding hydrogens is 426 g/mol. The number of hydrogen-bond acceptors (Lipinski definition) is 5. The summed E-state index contributed by atoms with van der Waals surface area (Å²) in [5, 5.41) is 3.66. The minimum atomic E-state index is -0.0375. The number of fused-ring (bicyclic) bond motifs is 1. The third kappa shape index (κ3) is 6.16. The average molecular weight is 466 g/mol. The average Bonchev–Trinajstić information content (AvgIpc) is 3.27. The van der Waals surface area contributed by atoms with Gasteiger partial charge in [0.15, 0.2) is 0 Å². The van der Waals surface area contributed by atoms with Crippen molar-refractivity contribution in [3.63, 3.8) is 0 Å². The van der Waals surface area contributed by atoms with E-state index in [1.54, 1.807) is 12.3 Å². The summed E-state index contributed by atoms with van der Waals surface area (Å²) in [4.78, 5) is 19.3. The van der Waals surface area contributed by atoms with Gasteiger partial charge in [0.05, 0.1) is 12.8 Å². The summed E-state index contributed by atoms with van der Waals surface area (Å²) in [6.45, 7) is 8.80. The topological polar surface area (TPSA) is 63.7 Å². The fraction of sp³-hybridized carbons (Fsp3) is 0.571.